The van der Waals surface area contributed by atoms with Gasteiger partial charge in [0.05, 0.1) is 0 Å². The molecule has 1 aromatic rings. The Balaban J connectivity index is 1.72. The molecule has 0 saturated carbocycles. The maximum atomic E-state index is 12.5. The zero-order chi connectivity index (χ0) is 14.8. The molecule has 1 N–H and O–H groups in total. The number of rotatable bonds is 1. The van der Waals surface area contributed by atoms with Gasteiger partial charge >= 0.3 is 6.03 Å². The van der Waals surface area contributed by atoms with Crippen LogP contribution in [0.15, 0.2) is 12.1 Å². The molecule has 6 heteroatoms. The van der Waals surface area contributed by atoms with E-state index in [1.807, 2.05) is 35.7 Å². The Morgan fingerprint density at radius 1 is 1.38 bits per heavy atom. The van der Waals surface area contributed by atoms with Crippen molar-refractivity contribution in [3.05, 3.63) is 17.7 Å². The molecule has 0 aromatic heterocycles. The largest absolute Gasteiger partial charge is 0.454 e. The van der Waals surface area contributed by atoms with Gasteiger partial charge in [-0.2, -0.15) is 11.8 Å². The first-order chi connectivity index (χ1) is 10.1. The minimum atomic E-state index is -0.0358. The molecule has 1 atom stereocenters. The van der Waals surface area contributed by atoms with Crippen LogP contribution in [-0.4, -0.2) is 42.3 Å². The minimum Gasteiger partial charge on any atom is -0.454 e. The summed E-state index contributed by atoms with van der Waals surface area (Å²) in [6.45, 7) is 5.99. The van der Waals surface area contributed by atoms with Crippen LogP contribution >= 0.6 is 11.8 Å². The van der Waals surface area contributed by atoms with Crippen LogP contribution < -0.4 is 14.8 Å². The fraction of sp³-hybridized carbons (Fsp3) is 0.533. The second-order valence-corrected chi connectivity index (χ2v) is 6.73. The second-order valence-electron chi connectivity index (χ2n) is 5.58. The molecule has 2 aliphatic rings. The van der Waals surface area contributed by atoms with E-state index in [0.29, 0.717) is 11.7 Å². The van der Waals surface area contributed by atoms with Crippen molar-refractivity contribution in [2.45, 2.75) is 13.8 Å². The van der Waals surface area contributed by atoms with Gasteiger partial charge in [0, 0.05) is 30.6 Å². The lowest BCUT2D eigenvalue weighted by Crippen LogP contribution is -2.38. The quantitative estimate of drug-likeness (QED) is 0.866. The molecule has 3 rings (SSSR count). The molecule has 2 aliphatic heterocycles. The van der Waals surface area contributed by atoms with Gasteiger partial charge in [-0.05, 0) is 30.2 Å². The number of nitrogens with zero attached hydrogens (tertiary/aromatic N) is 1. The lowest BCUT2D eigenvalue weighted by atomic mass is 10.1. The van der Waals surface area contributed by atoms with Crippen LogP contribution in [0, 0.1) is 12.8 Å². The summed E-state index contributed by atoms with van der Waals surface area (Å²) < 4.78 is 10.7. The van der Waals surface area contributed by atoms with Gasteiger partial charge in [0.1, 0.15) is 0 Å². The number of fused-ring (bicyclic) bond motifs is 1. The van der Waals surface area contributed by atoms with E-state index in [1.54, 1.807) is 0 Å². The summed E-state index contributed by atoms with van der Waals surface area (Å²) in [6, 6.07) is 3.70. The molecule has 114 valence electrons. The molecule has 0 aliphatic carbocycles. The Bertz CT molecular complexity index is 550. The Morgan fingerprint density at radius 2 is 2.14 bits per heavy atom. The molecule has 0 unspecified atom stereocenters. The zero-order valence-corrected chi connectivity index (χ0v) is 13.2. The molecule has 21 heavy (non-hydrogen) atoms. The van der Waals surface area contributed by atoms with Gasteiger partial charge in [-0.3, -0.25) is 0 Å². The van der Waals surface area contributed by atoms with Crippen LogP contribution in [0.1, 0.15) is 12.5 Å². The van der Waals surface area contributed by atoms with Crippen LogP contribution in [0.2, 0.25) is 0 Å². The van der Waals surface area contributed by atoms with Crippen LogP contribution in [0.4, 0.5) is 10.5 Å². The Hall–Kier alpha value is -1.56. The van der Waals surface area contributed by atoms with Gasteiger partial charge in [0.15, 0.2) is 11.5 Å². The Morgan fingerprint density at radius 3 is 2.95 bits per heavy atom. The lowest BCUT2D eigenvalue weighted by Gasteiger charge is -2.23. The highest BCUT2D eigenvalue weighted by atomic mass is 32.2. The molecule has 5 nitrogen and oxygen atoms in total. The first-order valence-electron chi connectivity index (χ1n) is 7.17. The number of ether oxygens (including phenoxy) is 2. The maximum absolute atomic E-state index is 12.5. The number of benzene rings is 1. The highest BCUT2D eigenvalue weighted by molar-refractivity contribution is 7.99. The number of aryl methyl sites for hydroxylation is 1. The topological polar surface area (TPSA) is 50.8 Å². The predicted octanol–water partition coefficient (Wildman–Crippen LogP) is 2.94. The van der Waals surface area contributed by atoms with Gasteiger partial charge in [-0.25, -0.2) is 4.79 Å². The van der Waals surface area contributed by atoms with Crippen molar-refractivity contribution in [2.75, 3.05) is 36.7 Å². The van der Waals surface area contributed by atoms with Crippen LogP contribution in [0.5, 0.6) is 11.5 Å². The van der Waals surface area contributed by atoms with Gasteiger partial charge in [0.2, 0.25) is 6.79 Å². The van der Waals surface area contributed by atoms with Crippen molar-refractivity contribution in [3.63, 3.8) is 0 Å². The summed E-state index contributed by atoms with van der Waals surface area (Å²) in [4.78, 5) is 14.3. The molecule has 2 heterocycles. The number of carbonyl (C=O) groups is 1. The first-order valence-corrected chi connectivity index (χ1v) is 8.33. The van der Waals surface area contributed by atoms with E-state index in [0.717, 1.165) is 41.6 Å². The van der Waals surface area contributed by atoms with Gasteiger partial charge < -0.3 is 19.7 Å². The Kier molecular flexibility index (Phi) is 4.14. The SMILES string of the molecule is Cc1cc2c(cc1NC(=O)N1CCSC[C@H](C)C1)OCO2. The number of nitrogens with one attached hydrogen (secondary N) is 1. The van der Waals surface area contributed by atoms with Crippen molar-refractivity contribution in [2.24, 2.45) is 5.92 Å². The highest BCUT2D eigenvalue weighted by Gasteiger charge is 2.22. The van der Waals surface area contributed by atoms with E-state index in [9.17, 15) is 4.79 Å². The standard InChI is InChI=1S/C15H20N2O3S/c1-10-7-17(3-4-21-8-10)15(18)16-12-6-14-13(5-11(12)2)19-9-20-14/h5-6,10H,3-4,7-9H2,1-2H3,(H,16,18)/t10-/m1/s1. The molecule has 0 bridgehead atoms. The summed E-state index contributed by atoms with van der Waals surface area (Å²) in [5, 5.41) is 3.00. The first kappa shape index (κ1) is 14.4. The fourth-order valence-electron chi connectivity index (χ4n) is 2.54. The third kappa shape index (κ3) is 3.20. The number of urea groups is 1. The van der Waals surface area contributed by atoms with Crippen molar-refractivity contribution < 1.29 is 14.3 Å². The summed E-state index contributed by atoms with van der Waals surface area (Å²) in [5.41, 5.74) is 1.76. The van der Waals surface area contributed by atoms with E-state index in [-0.39, 0.29) is 12.8 Å². The second kappa shape index (κ2) is 6.05. The number of carbonyl (C=O) groups excluding carboxylic acids is 1. The van der Waals surface area contributed by atoms with Gasteiger partial charge in [0.25, 0.3) is 0 Å². The molecule has 1 fully saturated rings. The molecular formula is C15H20N2O3S. The third-order valence-electron chi connectivity index (χ3n) is 3.69. The van der Waals surface area contributed by atoms with Crippen molar-refractivity contribution in [1.29, 1.82) is 0 Å². The van der Waals surface area contributed by atoms with Gasteiger partial charge in [-0.15, -0.1) is 0 Å². The molecule has 2 amide bonds. The average Bonchev–Trinajstić information content (AvgIpc) is 2.77. The van der Waals surface area contributed by atoms with Crippen molar-refractivity contribution >= 4 is 23.5 Å². The molecule has 0 radical (unpaired) electrons. The highest BCUT2D eigenvalue weighted by Crippen LogP contribution is 2.36. The predicted molar refractivity (Wildman–Crippen MR) is 84.4 cm³/mol. The average molecular weight is 308 g/mol. The molecule has 1 saturated heterocycles. The number of thioether (sulfide) groups is 1. The molecular weight excluding hydrogens is 288 g/mol. The van der Waals surface area contributed by atoms with E-state index in [4.69, 9.17) is 9.47 Å². The van der Waals surface area contributed by atoms with E-state index in [1.165, 1.54) is 0 Å². The number of anilines is 1. The monoisotopic (exact) mass is 308 g/mol. The van der Waals surface area contributed by atoms with Crippen molar-refractivity contribution in [1.82, 2.24) is 4.90 Å². The van der Waals surface area contributed by atoms with E-state index >= 15 is 0 Å². The van der Waals surface area contributed by atoms with Crippen molar-refractivity contribution in [3.8, 4) is 11.5 Å². The fourth-order valence-corrected chi connectivity index (χ4v) is 3.56. The molecule has 0 spiro atoms. The van der Waals surface area contributed by atoms with E-state index < -0.39 is 0 Å². The summed E-state index contributed by atoms with van der Waals surface area (Å²) in [7, 11) is 0. The number of hydrogen-bond acceptors (Lipinski definition) is 4. The smallest absolute Gasteiger partial charge is 0.321 e. The maximum Gasteiger partial charge on any atom is 0.321 e. The van der Waals surface area contributed by atoms with Gasteiger partial charge in [-0.1, -0.05) is 6.92 Å². The number of amides is 2. The summed E-state index contributed by atoms with van der Waals surface area (Å²) in [6.07, 6.45) is 0. The molecule has 1 aromatic carbocycles. The Labute approximate surface area is 129 Å². The summed E-state index contributed by atoms with van der Waals surface area (Å²) in [5.74, 6) is 4.08. The van der Waals surface area contributed by atoms with Crippen LogP contribution in [0.3, 0.4) is 0 Å². The van der Waals surface area contributed by atoms with Crippen LogP contribution in [-0.2, 0) is 0 Å². The zero-order valence-electron chi connectivity index (χ0n) is 12.3. The lowest BCUT2D eigenvalue weighted by molar-refractivity contribution is 0.174. The minimum absolute atomic E-state index is 0.0358. The number of hydrogen-bond donors (Lipinski definition) is 1. The summed E-state index contributed by atoms with van der Waals surface area (Å²) >= 11 is 1.91. The normalized spacial score (nSPS) is 21.0. The van der Waals surface area contributed by atoms with E-state index in [2.05, 4.69) is 12.2 Å². The van der Waals surface area contributed by atoms with Crippen LogP contribution in [0.25, 0.3) is 0 Å². The third-order valence-corrected chi connectivity index (χ3v) is 4.96.